The van der Waals surface area contributed by atoms with E-state index >= 15 is 0 Å². The van der Waals surface area contributed by atoms with Crippen LogP contribution in [0.3, 0.4) is 0 Å². The molecule has 0 saturated carbocycles. The zero-order chi connectivity index (χ0) is 18.5. The number of nitrogens with zero attached hydrogens (tertiary/aromatic N) is 1. The summed E-state index contributed by atoms with van der Waals surface area (Å²) < 4.78 is 16.5. The van der Waals surface area contributed by atoms with Crippen LogP contribution in [-0.4, -0.2) is 45.2 Å². The molecule has 26 heavy (non-hydrogen) atoms. The third-order valence-electron chi connectivity index (χ3n) is 4.13. The molecule has 1 amide bonds. The van der Waals surface area contributed by atoms with Crippen molar-refractivity contribution in [2.24, 2.45) is 0 Å². The molecule has 6 heteroatoms. The van der Waals surface area contributed by atoms with Crippen molar-refractivity contribution >= 4 is 5.91 Å². The van der Waals surface area contributed by atoms with Crippen LogP contribution in [-0.2, 0) is 13.1 Å². The lowest BCUT2D eigenvalue weighted by Gasteiger charge is -2.21. The van der Waals surface area contributed by atoms with Crippen molar-refractivity contribution in [1.82, 2.24) is 10.2 Å². The largest absolute Gasteiger partial charge is 0.493 e. The van der Waals surface area contributed by atoms with Gasteiger partial charge in [0.2, 0.25) is 5.75 Å². The molecule has 0 fully saturated rings. The fourth-order valence-electron chi connectivity index (χ4n) is 2.91. The number of rotatable bonds is 6. The molecule has 3 rings (SSSR count). The maximum atomic E-state index is 12.6. The van der Waals surface area contributed by atoms with E-state index < -0.39 is 0 Å². The summed E-state index contributed by atoms with van der Waals surface area (Å²) in [6.45, 7) is 2.21. The zero-order valence-electron chi connectivity index (χ0n) is 15.4. The van der Waals surface area contributed by atoms with E-state index in [1.54, 1.807) is 19.2 Å². The number of benzene rings is 2. The fraction of sp³-hybridized carbons (Fsp3) is 0.350. The van der Waals surface area contributed by atoms with Crippen LogP contribution in [0.25, 0.3) is 0 Å². The number of carbonyl (C=O) groups excluding carboxylic acids is 1. The Morgan fingerprint density at radius 2 is 1.88 bits per heavy atom. The molecule has 138 valence electrons. The van der Waals surface area contributed by atoms with Gasteiger partial charge in [0, 0.05) is 18.7 Å². The minimum absolute atomic E-state index is 0.181. The third-order valence-corrected chi connectivity index (χ3v) is 4.13. The highest BCUT2D eigenvalue weighted by molar-refractivity contribution is 5.95. The molecule has 1 aliphatic heterocycles. The number of fused-ring (bicyclic) bond motifs is 1. The second-order valence-corrected chi connectivity index (χ2v) is 6.39. The van der Waals surface area contributed by atoms with Crippen molar-refractivity contribution in [2.75, 3.05) is 34.4 Å². The highest BCUT2D eigenvalue weighted by Crippen LogP contribution is 2.40. The number of hydrogen-bond donors (Lipinski definition) is 1. The molecule has 0 bridgehead atoms. The van der Waals surface area contributed by atoms with E-state index in [2.05, 4.69) is 16.3 Å². The molecule has 0 spiro atoms. The van der Waals surface area contributed by atoms with Gasteiger partial charge in [-0.3, -0.25) is 4.79 Å². The summed E-state index contributed by atoms with van der Waals surface area (Å²) in [6.07, 6.45) is 0. The van der Waals surface area contributed by atoms with Gasteiger partial charge < -0.3 is 24.4 Å². The Bertz CT molecular complexity index is 772. The normalized spacial score (nSPS) is 12.8. The van der Waals surface area contributed by atoms with E-state index in [1.165, 1.54) is 5.56 Å². The first-order chi connectivity index (χ1) is 12.6. The van der Waals surface area contributed by atoms with Crippen molar-refractivity contribution in [1.29, 1.82) is 0 Å². The molecule has 6 nitrogen and oxygen atoms in total. The van der Waals surface area contributed by atoms with Crippen LogP contribution in [0.2, 0.25) is 0 Å². The van der Waals surface area contributed by atoms with Gasteiger partial charge in [-0.1, -0.05) is 24.3 Å². The number of amides is 1. The van der Waals surface area contributed by atoms with E-state index in [9.17, 15) is 4.79 Å². The van der Waals surface area contributed by atoms with Gasteiger partial charge in [-0.25, -0.2) is 0 Å². The van der Waals surface area contributed by atoms with Crippen molar-refractivity contribution in [2.45, 2.75) is 13.1 Å². The minimum atomic E-state index is -0.181. The Morgan fingerprint density at radius 3 is 2.62 bits per heavy atom. The molecule has 0 unspecified atom stereocenters. The third kappa shape index (κ3) is 4.08. The maximum Gasteiger partial charge on any atom is 0.251 e. The van der Waals surface area contributed by atoms with Crippen LogP contribution in [0.1, 0.15) is 21.5 Å². The summed E-state index contributed by atoms with van der Waals surface area (Å²) in [4.78, 5) is 14.7. The number of carbonyl (C=O) groups is 1. The molecule has 1 N–H and O–H groups in total. The van der Waals surface area contributed by atoms with Crippen molar-refractivity contribution < 1.29 is 19.0 Å². The summed E-state index contributed by atoms with van der Waals surface area (Å²) in [7, 11) is 5.60. The molecule has 0 saturated heterocycles. The molecule has 0 aromatic heterocycles. The van der Waals surface area contributed by atoms with Crippen LogP contribution in [0.4, 0.5) is 0 Å². The Kier molecular flexibility index (Phi) is 5.63. The number of methoxy groups -OCH3 is 1. The fourth-order valence-corrected chi connectivity index (χ4v) is 2.91. The molecular formula is C20H24N2O4. The van der Waals surface area contributed by atoms with Gasteiger partial charge in [-0.15, -0.1) is 0 Å². The van der Waals surface area contributed by atoms with Crippen LogP contribution < -0.4 is 19.5 Å². The van der Waals surface area contributed by atoms with Gasteiger partial charge >= 0.3 is 0 Å². The van der Waals surface area contributed by atoms with Crippen LogP contribution in [0.15, 0.2) is 36.4 Å². The van der Waals surface area contributed by atoms with Crippen molar-refractivity contribution in [3.05, 3.63) is 53.1 Å². The van der Waals surface area contributed by atoms with Gasteiger partial charge in [0.05, 0.1) is 7.11 Å². The molecule has 2 aromatic carbocycles. The molecule has 2 aromatic rings. The Balaban J connectivity index is 1.75. The molecular weight excluding hydrogens is 332 g/mol. The Labute approximate surface area is 153 Å². The van der Waals surface area contributed by atoms with E-state index in [0.29, 0.717) is 42.6 Å². The molecule has 0 atom stereocenters. The first kappa shape index (κ1) is 18.1. The zero-order valence-corrected chi connectivity index (χ0v) is 15.4. The first-order valence-electron chi connectivity index (χ1n) is 8.56. The predicted octanol–water partition coefficient (Wildman–Crippen LogP) is 2.46. The summed E-state index contributed by atoms with van der Waals surface area (Å²) >= 11 is 0. The quantitative estimate of drug-likeness (QED) is 0.862. The number of hydrogen-bond acceptors (Lipinski definition) is 5. The number of nitrogens with one attached hydrogen (secondary N) is 1. The Morgan fingerprint density at radius 1 is 1.15 bits per heavy atom. The lowest BCUT2D eigenvalue weighted by Crippen LogP contribution is -2.25. The topological polar surface area (TPSA) is 60.0 Å². The van der Waals surface area contributed by atoms with Gasteiger partial charge in [-0.2, -0.15) is 0 Å². The van der Waals surface area contributed by atoms with Gasteiger partial charge in [-0.05, 0) is 37.4 Å². The summed E-state index contributed by atoms with van der Waals surface area (Å²) in [5, 5.41) is 2.98. The molecule has 1 heterocycles. The average molecular weight is 356 g/mol. The monoisotopic (exact) mass is 356 g/mol. The lowest BCUT2D eigenvalue weighted by atomic mass is 10.1. The summed E-state index contributed by atoms with van der Waals surface area (Å²) in [5.74, 6) is 1.40. The smallest absolute Gasteiger partial charge is 0.251 e. The highest BCUT2D eigenvalue weighted by Gasteiger charge is 2.21. The van der Waals surface area contributed by atoms with E-state index in [0.717, 1.165) is 12.1 Å². The van der Waals surface area contributed by atoms with Crippen LogP contribution in [0, 0.1) is 0 Å². The lowest BCUT2D eigenvalue weighted by molar-refractivity contribution is 0.0949. The molecule has 0 aliphatic carbocycles. The van der Waals surface area contributed by atoms with Gasteiger partial charge in [0.15, 0.2) is 11.5 Å². The second kappa shape index (κ2) is 8.10. The standard InChI is InChI=1S/C20H24N2O4/c1-22(2)13-15-7-5-4-6-14(15)12-21-20(23)16-10-17(24-3)19-18(11-16)25-8-9-26-19/h4-7,10-11H,8-9,12-13H2,1-3H3,(H,21,23). The number of ether oxygens (including phenoxy) is 3. The summed E-state index contributed by atoms with van der Waals surface area (Å²) in [6, 6.07) is 11.5. The van der Waals surface area contributed by atoms with Crippen LogP contribution >= 0.6 is 0 Å². The minimum Gasteiger partial charge on any atom is -0.493 e. The molecule has 1 aliphatic rings. The van der Waals surface area contributed by atoms with E-state index in [4.69, 9.17) is 14.2 Å². The maximum absolute atomic E-state index is 12.6. The van der Waals surface area contributed by atoms with E-state index in [-0.39, 0.29) is 5.91 Å². The highest BCUT2D eigenvalue weighted by atomic mass is 16.6. The SMILES string of the molecule is COc1cc(C(=O)NCc2ccccc2CN(C)C)cc2c1OCCO2. The van der Waals surface area contributed by atoms with Crippen molar-refractivity contribution in [3.8, 4) is 17.2 Å². The van der Waals surface area contributed by atoms with E-state index in [1.807, 2.05) is 32.3 Å². The van der Waals surface area contributed by atoms with Gasteiger partial charge in [0.1, 0.15) is 13.2 Å². The first-order valence-corrected chi connectivity index (χ1v) is 8.56. The summed E-state index contributed by atoms with van der Waals surface area (Å²) in [5.41, 5.74) is 2.77. The van der Waals surface area contributed by atoms with Gasteiger partial charge in [0.25, 0.3) is 5.91 Å². The average Bonchev–Trinajstić information content (AvgIpc) is 2.65. The van der Waals surface area contributed by atoms with Crippen molar-refractivity contribution in [3.63, 3.8) is 0 Å². The van der Waals surface area contributed by atoms with Crippen LogP contribution in [0.5, 0.6) is 17.2 Å². The Hall–Kier alpha value is -2.73. The second-order valence-electron chi connectivity index (χ2n) is 6.39. The molecule has 0 radical (unpaired) electrons. The predicted molar refractivity (Wildman–Crippen MR) is 99.0 cm³/mol.